The predicted octanol–water partition coefficient (Wildman–Crippen LogP) is -5.40. The molecule has 0 aromatic heterocycles. The van der Waals surface area contributed by atoms with Gasteiger partial charge in [0.2, 0.25) is 47.3 Å². The monoisotopic (exact) mass is 798 g/mol. The summed E-state index contributed by atoms with van der Waals surface area (Å²) in [6.07, 6.45) is 7.82. The Hall–Kier alpha value is -5.22. The second-order valence-electron chi connectivity index (χ2n) is 13.4. The summed E-state index contributed by atoms with van der Waals surface area (Å²) in [6, 6.07) is -10.9. The molecule has 15 N–H and O–H groups in total. The number of Topliss-reactive ketones (excluding diaryl/α,β-unsaturated/α-hetero) is 1. The molecule has 0 radical (unpaired) electrons. The zero-order valence-electron chi connectivity index (χ0n) is 31.7. The number of nitrogens with two attached hydrogens (primary N) is 3. The van der Waals surface area contributed by atoms with E-state index in [4.69, 9.17) is 17.2 Å². The van der Waals surface area contributed by atoms with E-state index in [-0.39, 0.29) is 6.54 Å². The van der Waals surface area contributed by atoms with Crippen LogP contribution < -0.4 is 54.4 Å². The van der Waals surface area contributed by atoms with Gasteiger partial charge < -0.3 is 59.3 Å². The average molecular weight is 799 g/mol. The standard InChI is InChI=1S/C34H58N10O12/c1-2-3-4-5-6-7-8-9-10-11-12-38-31(53)21-15-26(49)42-23(18-46)33(55)44-28(30(37)52)34(56)39-16-27(50)41-20(14-25(36)48)32(54)43-22(17-45)29(51)19(40-21)13-24(35)47/h19-23,28,40,45-46H,2-18H2,1H3,(H2,35,47)(H2,36,48)(H2,37,52)(H,38,53)(H,39,56)(H,41,50)(H,42,49)(H,43,54)(H,44,55)/t19-,20-,21-,22-,23+,28+/m0/s1. The van der Waals surface area contributed by atoms with Crippen LogP contribution in [0.5, 0.6) is 0 Å². The quantitative estimate of drug-likeness (QED) is 0.0429. The minimum absolute atomic E-state index is 0.157. The van der Waals surface area contributed by atoms with Crippen molar-refractivity contribution in [1.29, 1.82) is 0 Å². The predicted molar refractivity (Wildman–Crippen MR) is 197 cm³/mol. The Labute approximate surface area is 324 Å². The first-order valence-corrected chi connectivity index (χ1v) is 18.7. The second kappa shape index (κ2) is 26.6. The number of aliphatic hydroxyl groups is 2. The molecule has 0 spiro atoms. The molecule has 1 heterocycles. The maximum Gasteiger partial charge on any atom is 0.252 e. The SMILES string of the molecule is CCCCCCCCCCCCNC(=O)[C@@H]1CC(=O)N[C@H](CO)C(=O)N[C@H](C(N)=O)C(=O)NCC(=O)N[C@@H](CC(N)=O)C(=O)N[C@@H](CO)C(=O)[C@H](CC(N)=O)N1. The molecule has 6 atom stereocenters. The molecule has 1 rings (SSSR count). The average Bonchev–Trinajstić information content (AvgIpc) is 3.13. The van der Waals surface area contributed by atoms with Gasteiger partial charge in [-0.25, -0.2) is 0 Å². The van der Waals surface area contributed by atoms with Gasteiger partial charge in [-0.15, -0.1) is 0 Å². The molecule has 1 fully saturated rings. The molecular formula is C34H58N10O12. The van der Waals surface area contributed by atoms with Gasteiger partial charge in [-0.1, -0.05) is 64.7 Å². The van der Waals surface area contributed by atoms with Crippen molar-refractivity contribution < 1.29 is 58.2 Å². The van der Waals surface area contributed by atoms with Crippen LogP contribution in [0.4, 0.5) is 0 Å². The first-order chi connectivity index (χ1) is 26.5. The number of aliphatic hydroxyl groups excluding tert-OH is 2. The molecule has 0 bridgehead atoms. The smallest absolute Gasteiger partial charge is 0.252 e. The number of primary amides is 3. The van der Waals surface area contributed by atoms with Crippen LogP contribution >= 0.6 is 0 Å². The summed E-state index contributed by atoms with van der Waals surface area (Å²) in [5.74, 6) is -11.5. The van der Waals surface area contributed by atoms with Crippen LogP contribution in [0.3, 0.4) is 0 Å². The Kier molecular flexibility index (Phi) is 23.1. The molecule has 1 saturated heterocycles. The molecule has 22 heteroatoms. The minimum atomic E-state index is -2.13. The van der Waals surface area contributed by atoms with E-state index >= 15 is 0 Å². The number of hydrogen-bond acceptors (Lipinski definition) is 13. The normalized spacial score (nSPS) is 23.4. The zero-order chi connectivity index (χ0) is 42.2. The summed E-state index contributed by atoms with van der Waals surface area (Å²) in [6.45, 7) is -0.801. The van der Waals surface area contributed by atoms with E-state index in [9.17, 15) is 58.2 Å². The van der Waals surface area contributed by atoms with Gasteiger partial charge in [0, 0.05) is 13.0 Å². The van der Waals surface area contributed by atoms with Crippen molar-refractivity contribution in [2.24, 2.45) is 17.2 Å². The largest absolute Gasteiger partial charge is 0.394 e. The number of unbranched alkanes of at least 4 members (excludes halogenated alkanes) is 9. The lowest BCUT2D eigenvalue weighted by Crippen LogP contribution is -2.62. The number of carbonyl (C=O) groups is 10. The van der Waals surface area contributed by atoms with Crippen LogP contribution in [0.25, 0.3) is 0 Å². The first-order valence-electron chi connectivity index (χ1n) is 18.7. The third-order valence-corrected chi connectivity index (χ3v) is 8.68. The van der Waals surface area contributed by atoms with Crippen molar-refractivity contribution in [3.63, 3.8) is 0 Å². The minimum Gasteiger partial charge on any atom is -0.394 e. The fourth-order valence-corrected chi connectivity index (χ4v) is 5.65. The second-order valence-corrected chi connectivity index (χ2v) is 13.4. The lowest BCUT2D eigenvalue weighted by Gasteiger charge is -2.28. The Bertz CT molecular complexity index is 1400. The lowest BCUT2D eigenvalue weighted by atomic mass is 9.99. The van der Waals surface area contributed by atoms with E-state index in [1.807, 2.05) is 10.6 Å². The maximum atomic E-state index is 13.7. The van der Waals surface area contributed by atoms with Crippen molar-refractivity contribution in [2.75, 3.05) is 26.3 Å². The van der Waals surface area contributed by atoms with Gasteiger partial charge in [0.05, 0.1) is 44.7 Å². The summed E-state index contributed by atoms with van der Waals surface area (Å²) in [4.78, 5) is 128. The number of rotatable bonds is 19. The molecule has 1 aliphatic rings. The van der Waals surface area contributed by atoms with Crippen LogP contribution in [0.1, 0.15) is 90.4 Å². The molecule has 22 nitrogen and oxygen atoms in total. The van der Waals surface area contributed by atoms with E-state index in [0.29, 0.717) is 6.42 Å². The van der Waals surface area contributed by atoms with E-state index < -0.39 is 134 Å². The van der Waals surface area contributed by atoms with Crippen LogP contribution in [0.15, 0.2) is 0 Å². The molecule has 0 aliphatic carbocycles. The number of ketones is 1. The van der Waals surface area contributed by atoms with Crippen molar-refractivity contribution in [3.05, 3.63) is 0 Å². The van der Waals surface area contributed by atoms with Crippen molar-refractivity contribution in [1.82, 2.24) is 37.2 Å². The van der Waals surface area contributed by atoms with Crippen LogP contribution in [0.2, 0.25) is 0 Å². The molecule has 56 heavy (non-hydrogen) atoms. The summed E-state index contributed by atoms with van der Waals surface area (Å²) in [5, 5.41) is 35.5. The van der Waals surface area contributed by atoms with Crippen molar-refractivity contribution >= 4 is 58.9 Å². The fraction of sp³-hybridized carbons (Fsp3) is 0.706. The van der Waals surface area contributed by atoms with E-state index in [1.165, 1.54) is 25.7 Å². The highest BCUT2D eigenvalue weighted by Crippen LogP contribution is 2.11. The molecule has 316 valence electrons. The third kappa shape index (κ3) is 18.9. The highest BCUT2D eigenvalue weighted by Gasteiger charge is 2.36. The molecule has 0 aromatic rings. The zero-order valence-corrected chi connectivity index (χ0v) is 31.7. The van der Waals surface area contributed by atoms with Crippen molar-refractivity contribution in [2.45, 2.75) is 127 Å². The fourth-order valence-electron chi connectivity index (χ4n) is 5.65. The molecule has 9 amide bonds. The topological polar surface area (TPSA) is 373 Å². The van der Waals surface area contributed by atoms with E-state index in [0.717, 1.165) is 32.1 Å². The summed E-state index contributed by atoms with van der Waals surface area (Å²) in [7, 11) is 0. The maximum absolute atomic E-state index is 13.7. The molecular weight excluding hydrogens is 740 g/mol. The van der Waals surface area contributed by atoms with Gasteiger partial charge in [-0.3, -0.25) is 53.3 Å². The number of nitrogens with one attached hydrogen (secondary N) is 7. The number of hydrogen-bond donors (Lipinski definition) is 12. The van der Waals surface area contributed by atoms with Gasteiger partial charge in [0.1, 0.15) is 18.1 Å². The highest BCUT2D eigenvalue weighted by atomic mass is 16.3. The van der Waals surface area contributed by atoms with Gasteiger partial charge in [0.25, 0.3) is 5.91 Å². The third-order valence-electron chi connectivity index (χ3n) is 8.68. The van der Waals surface area contributed by atoms with Gasteiger partial charge in [-0.2, -0.15) is 0 Å². The van der Waals surface area contributed by atoms with Crippen LogP contribution in [-0.2, 0) is 47.9 Å². The Morgan fingerprint density at radius 2 is 1.16 bits per heavy atom. The molecule has 0 saturated carbocycles. The van der Waals surface area contributed by atoms with Gasteiger partial charge in [-0.05, 0) is 6.42 Å². The van der Waals surface area contributed by atoms with Crippen LogP contribution in [-0.4, -0.2) is 132 Å². The lowest BCUT2D eigenvalue weighted by molar-refractivity contribution is -0.138. The van der Waals surface area contributed by atoms with Gasteiger partial charge >= 0.3 is 0 Å². The highest BCUT2D eigenvalue weighted by molar-refractivity contribution is 6.08. The van der Waals surface area contributed by atoms with E-state index in [2.05, 4.69) is 33.5 Å². The van der Waals surface area contributed by atoms with Crippen molar-refractivity contribution in [3.8, 4) is 0 Å². The number of carbonyl (C=O) groups excluding carboxylic acids is 10. The summed E-state index contributed by atoms with van der Waals surface area (Å²) >= 11 is 0. The van der Waals surface area contributed by atoms with Gasteiger partial charge in [0.15, 0.2) is 11.8 Å². The molecule has 1 aliphatic heterocycles. The van der Waals surface area contributed by atoms with E-state index in [1.54, 1.807) is 0 Å². The first kappa shape index (κ1) is 48.8. The summed E-state index contributed by atoms with van der Waals surface area (Å²) < 4.78 is 0. The number of amides is 9. The van der Waals surface area contributed by atoms with Crippen LogP contribution in [0, 0.1) is 0 Å². The Balaban J connectivity index is 3.42. The Morgan fingerprint density at radius 1 is 0.643 bits per heavy atom. The molecule has 0 aromatic carbocycles. The molecule has 0 unspecified atom stereocenters. The summed E-state index contributed by atoms with van der Waals surface area (Å²) in [5.41, 5.74) is 15.8. The Morgan fingerprint density at radius 3 is 1.70 bits per heavy atom.